The Hall–Kier alpha value is -1.60. The molecule has 0 radical (unpaired) electrons. The number of nitrogens with zero attached hydrogens (tertiary/aromatic N) is 1. The second kappa shape index (κ2) is 4.58. The molecule has 2 aromatic heterocycles. The number of halogens is 1. The van der Waals surface area contributed by atoms with E-state index in [0.717, 1.165) is 24.2 Å². The molecule has 0 aromatic carbocycles. The number of carbonyl (C=O) groups is 1. The van der Waals surface area contributed by atoms with E-state index in [-0.39, 0.29) is 11.7 Å². The molecule has 0 unspecified atom stereocenters. The van der Waals surface area contributed by atoms with Gasteiger partial charge in [0.2, 0.25) is 0 Å². The lowest BCUT2D eigenvalue weighted by Crippen LogP contribution is -2.24. The highest BCUT2D eigenvalue weighted by molar-refractivity contribution is 9.10. The predicted molar refractivity (Wildman–Crippen MR) is 68.4 cm³/mol. The Morgan fingerprint density at radius 2 is 2.39 bits per heavy atom. The van der Waals surface area contributed by atoms with Gasteiger partial charge >= 0.3 is 0 Å². The number of carbonyl (C=O) groups excluding carboxylic acids is 1. The fourth-order valence-electron chi connectivity index (χ4n) is 1.93. The van der Waals surface area contributed by atoms with E-state index >= 15 is 0 Å². The van der Waals surface area contributed by atoms with Gasteiger partial charge in [0.1, 0.15) is 0 Å². The summed E-state index contributed by atoms with van der Waals surface area (Å²) in [5, 5.41) is 13.0. The second-order valence-corrected chi connectivity index (χ2v) is 4.80. The Kier molecular flexibility index (Phi) is 2.92. The van der Waals surface area contributed by atoms with Crippen molar-refractivity contribution < 1.29 is 9.21 Å². The van der Waals surface area contributed by atoms with Crippen LogP contribution in [0.1, 0.15) is 21.8 Å². The molecule has 0 atom stereocenters. The van der Waals surface area contributed by atoms with Crippen molar-refractivity contribution in [2.75, 3.05) is 11.9 Å². The summed E-state index contributed by atoms with van der Waals surface area (Å²) in [6.45, 7) is 1.64. The third-order valence-corrected chi connectivity index (χ3v) is 3.26. The molecule has 0 aliphatic carbocycles. The number of aromatic amines is 1. The lowest BCUT2D eigenvalue weighted by molar-refractivity contribution is 0.0995. The Bertz CT molecular complexity index is 590. The van der Waals surface area contributed by atoms with Crippen molar-refractivity contribution in [3.63, 3.8) is 0 Å². The minimum absolute atomic E-state index is 0.252. The molecule has 1 aliphatic rings. The van der Waals surface area contributed by atoms with Gasteiger partial charge in [0, 0.05) is 30.8 Å². The van der Waals surface area contributed by atoms with Gasteiger partial charge in [-0.15, -0.1) is 0 Å². The average Bonchev–Trinajstić information content (AvgIpc) is 2.97. The number of H-pyrrole nitrogens is 1. The van der Waals surface area contributed by atoms with Crippen molar-refractivity contribution in [2.24, 2.45) is 0 Å². The highest BCUT2D eigenvalue weighted by Crippen LogP contribution is 2.21. The van der Waals surface area contributed by atoms with Crippen LogP contribution < -0.4 is 10.6 Å². The Labute approximate surface area is 111 Å². The highest BCUT2D eigenvalue weighted by atomic mass is 79.9. The van der Waals surface area contributed by atoms with Crippen LogP contribution in [0.4, 0.5) is 5.82 Å². The molecule has 7 heteroatoms. The molecule has 94 valence electrons. The fraction of sp³-hybridized carbons (Fsp3) is 0.273. The lowest BCUT2D eigenvalue weighted by atomic mass is 10.1. The van der Waals surface area contributed by atoms with Gasteiger partial charge < -0.3 is 15.1 Å². The zero-order valence-corrected chi connectivity index (χ0v) is 11.0. The smallest absolute Gasteiger partial charge is 0.292 e. The maximum absolute atomic E-state index is 11.9. The summed E-state index contributed by atoms with van der Waals surface area (Å²) in [6, 6.07) is 3.28. The van der Waals surface area contributed by atoms with E-state index in [2.05, 4.69) is 36.8 Å². The molecule has 0 saturated heterocycles. The molecule has 0 bridgehead atoms. The van der Waals surface area contributed by atoms with E-state index in [0.29, 0.717) is 17.0 Å². The number of amides is 1. The zero-order chi connectivity index (χ0) is 12.5. The van der Waals surface area contributed by atoms with E-state index < -0.39 is 0 Å². The highest BCUT2D eigenvalue weighted by Gasteiger charge is 2.19. The molecule has 3 N–H and O–H groups in total. The number of aromatic nitrogens is 2. The van der Waals surface area contributed by atoms with Crippen LogP contribution in [-0.2, 0) is 13.0 Å². The van der Waals surface area contributed by atoms with E-state index in [9.17, 15) is 4.79 Å². The maximum atomic E-state index is 11.9. The van der Waals surface area contributed by atoms with Gasteiger partial charge in [-0.05, 0) is 28.1 Å². The summed E-state index contributed by atoms with van der Waals surface area (Å²) < 4.78 is 5.72. The first-order valence-electron chi connectivity index (χ1n) is 5.57. The Balaban J connectivity index is 1.80. The minimum atomic E-state index is -0.305. The summed E-state index contributed by atoms with van der Waals surface area (Å²) in [4.78, 5) is 11.9. The largest absolute Gasteiger partial charge is 0.444 e. The van der Waals surface area contributed by atoms with Gasteiger partial charge in [0.25, 0.3) is 5.91 Å². The maximum Gasteiger partial charge on any atom is 0.292 e. The number of rotatable bonds is 2. The van der Waals surface area contributed by atoms with Crippen LogP contribution in [0.25, 0.3) is 0 Å². The van der Waals surface area contributed by atoms with Crippen molar-refractivity contribution in [2.45, 2.75) is 13.0 Å². The summed E-state index contributed by atoms with van der Waals surface area (Å²) in [6.07, 6.45) is 0.893. The van der Waals surface area contributed by atoms with Gasteiger partial charge in [-0.1, -0.05) is 0 Å². The fourth-order valence-corrected chi connectivity index (χ4v) is 2.24. The first-order chi connectivity index (χ1) is 8.74. The number of hydrogen-bond acceptors (Lipinski definition) is 4. The zero-order valence-electron chi connectivity index (χ0n) is 9.42. The summed E-state index contributed by atoms with van der Waals surface area (Å²) in [7, 11) is 0. The molecule has 2 aromatic rings. The predicted octanol–water partition coefficient (Wildman–Crippen LogP) is 1.66. The van der Waals surface area contributed by atoms with Crippen molar-refractivity contribution in [1.29, 1.82) is 0 Å². The molecule has 6 nitrogen and oxygen atoms in total. The van der Waals surface area contributed by atoms with Crippen LogP contribution in [-0.4, -0.2) is 22.6 Å². The monoisotopic (exact) mass is 310 g/mol. The summed E-state index contributed by atoms with van der Waals surface area (Å²) >= 11 is 3.16. The van der Waals surface area contributed by atoms with E-state index in [4.69, 9.17) is 4.42 Å². The van der Waals surface area contributed by atoms with Gasteiger partial charge in [-0.2, -0.15) is 5.10 Å². The van der Waals surface area contributed by atoms with Crippen molar-refractivity contribution in [1.82, 2.24) is 15.5 Å². The van der Waals surface area contributed by atoms with E-state index in [1.165, 1.54) is 0 Å². The normalized spacial score (nSPS) is 14.3. The number of fused-ring (bicyclic) bond motifs is 1. The van der Waals surface area contributed by atoms with E-state index in [1.54, 1.807) is 12.1 Å². The average molecular weight is 311 g/mol. The Morgan fingerprint density at radius 1 is 1.50 bits per heavy atom. The van der Waals surface area contributed by atoms with Crippen LogP contribution in [0.5, 0.6) is 0 Å². The second-order valence-electron chi connectivity index (χ2n) is 4.01. The molecule has 1 aliphatic heterocycles. The first kappa shape index (κ1) is 11.5. The van der Waals surface area contributed by atoms with Gasteiger partial charge in [-0.3, -0.25) is 9.89 Å². The molecule has 3 heterocycles. The van der Waals surface area contributed by atoms with E-state index in [1.807, 2.05) is 0 Å². The van der Waals surface area contributed by atoms with Crippen molar-refractivity contribution in [3.8, 4) is 0 Å². The van der Waals surface area contributed by atoms with Gasteiger partial charge in [-0.25, -0.2) is 0 Å². The molecule has 18 heavy (non-hydrogen) atoms. The third kappa shape index (κ3) is 2.06. The quantitative estimate of drug-likeness (QED) is 0.788. The third-order valence-electron chi connectivity index (χ3n) is 2.84. The topological polar surface area (TPSA) is 83.0 Å². The summed E-state index contributed by atoms with van der Waals surface area (Å²) in [5.74, 6) is 0.512. The molecule has 3 rings (SSSR count). The molecular weight excluding hydrogens is 300 g/mol. The van der Waals surface area contributed by atoms with Crippen LogP contribution in [0.3, 0.4) is 0 Å². The number of nitrogens with one attached hydrogen (secondary N) is 3. The van der Waals surface area contributed by atoms with Crippen molar-refractivity contribution >= 4 is 27.7 Å². The number of anilines is 1. The summed E-state index contributed by atoms with van der Waals surface area (Å²) in [5.41, 5.74) is 2.09. The minimum Gasteiger partial charge on any atom is -0.444 e. The standard InChI is InChI=1S/C11H11BrN4O2/c12-9-2-1-8(18-9)11(17)14-10-6-5-13-4-3-7(6)15-16-10/h1-2,13H,3-5H2,(H2,14,15,16,17). The number of hydrogen-bond donors (Lipinski definition) is 3. The van der Waals surface area contributed by atoms with Crippen molar-refractivity contribution in [3.05, 3.63) is 33.8 Å². The molecule has 0 fully saturated rings. The van der Waals surface area contributed by atoms with Gasteiger partial charge in [0.05, 0.1) is 0 Å². The first-order valence-corrected chi connectivity index (χ1v) is 6.37. The van der Waals surface area contributed by atoms with Crippen LogP contribution in [0.2, 0.25) is 0 Å². The molecular formula is C11H11BrN4O2. The lowest BCUT2D eigenvalue weighted by Gasteiger charge is -2.12. The van der Waals surface area contributed by atoms with Gasteiger partial charge in [0.15, 0.2) is 16.2 Å². The molecule has 1 amide bonds. The molecule has 0 spiro atoms. The van der Waals surface area contributed by atoms with Crippen LogP contribution in [0.15, 0.2) is 21.2 Å². The molecule has 0 saturated carbocycles. The Morgan fingerprint density at radius 3 is 3.17 bits per heavy atom. The van der Waals surface area contributed by atoms with Crippen LogP contribution in [0, 0.1) is 0 Å². The SMILES string of the molecule is O=C(Nc1n[nH]c2c1CNCC2)c1ccc(Br)o1. The van der Waals surface area contributed by atoms with Crippen LogP contribution >= 0.6 is 15.9 Å². The number of furan rings is 1.